The fourth-order valence-electron chi connectivity index (χ4n) is 2.34. The van der Waals surface area contributed by atoms with Gasteiger partial charge in [-0.15, -0.1) is 0 Å². The fourth-order valence-corrected chi connectivity index (χ4v) is 2.80. The molecule has 0 saturated carbocycles. The molecular formula is C19H16Cl2N2O3. The number of ketones is 1. The SMILES string of the molecule is CCn1nccc1C(=O)/C=C/c1ccc(COc2ccc(Cl)cc2Cl)o1. The summed E-state index contributed by atoms with van der Waals surface area (Å²) in [6, 6.07) is 10.2. The Morgan fingerprint density at radius 2 is 2.12 bits per heavy atom. The van der Waals surface area contributed by atoms with Gasteiger partial charge in [0.25, 0.3) is 0 Å². The Morgan fingerprint density at radius 1 is 1.27 bits per heavy atom. The first kappa shape index (κ1) is 18.3. The second kappa shape index (κ2) is 8.25. The summed E-state index contributed by atoms with van der Waals surface area (Å²) >= 11 is 11.9. The first-order chi connectivity index (χ1) is 12.6. The number of rotatable bonds is 7. The number of allylic oxidation sites excluding steroid dienone is 1. The molecule has 0 aliphatic rings. The number of ether oxygens (including phenoxy) is 1. The molecule has 0 amide bonds. The third-order valence-electron chi connectivity index (χ3n) is 3.61. The summed E-state index contributed by atoms with van der Waals surface area (Å²) in [6.45, 7) is 2.78. The highest BCUT2D eigenvalue weighted by molar-refractivity contribution is 6.35. The van der Waals surface area contributed by atoms with Gasteiger partial charge in [0.1, 0.15) is 29.6 Å². The van der Waals surface area contributed by atoms with Gasteiger partial charge in [-0.3, -0.25) is 9.48 Å². The Morgan fingerprint density at radius 3 is 2.88 bits per heavy atom. The molecule has 0 radical (unpaired) electrons. The van der Waals surface area contributed by atoms with Crippen molar-refractivity contribution in [1.82, 2.24) is 9.78 Å². The Balaban J connectivity index is 1.61. The monoisotopic (exact) mass is 390 g/mol. The summed E-state index contributed by atoms with van der Waals surface area (Å²) in [4.78, 5) is 12.2. The Hall–Kier alpha value is -2.50. The van der Waals surface area contributed by atoms with E-state index in [2.05, 4.69) is 5.10 Å². The number of hydrogen-bond acceptors (Lipinski definition) is 4. The molecule has 7 heteroatoms. The molecule has 134 valence electrons. The quantitative estimate of drug-likeness (QED) is 0.406. The Kier molecular flexibility index (Phi) is 5.81. The van der Waals surface area contributed by atoms with E-state index in [0.717, 1.165) is 0 Å². The van der Waals surface area contributed by atoms with Crippen molar-refractivity contribution < 1.29 is 13.9 Å². The highest BCUT2D eigenvalue weighted by atomic mass is 35.5. The lowest BCUT2D eigenvalue weighted by Gasteiger charge is -2.06. The fraction of sp³-hybridized carbons (Fsp3) is 0.158. The highest BCUT2D eigenvalue weighted by Gasteiger charge is 2.09. The molecule has 0 aliphatic heterocycles. The molecule has 5 nitrogen and oxygen atoms in total. The molecule has 0 unspecified atom stereocenters. The van der Waals surface area contributed by atoms with Crippen molar-refractivity contribution in [3.63, 3.8) is 0 Å². The average molecular weight is 391 g/mol. The molecule has 0 aliphatic carbocycles. The molecule has 3 aromatic rings. The van der Waals surface area contributed by atoms with Crippen molar-refractivity contribution in [2.24, 2.45) is 0 Å². The maximum Gasteiger partial charge on any atom is 0.203 e. The molecule has 0 atom stereocenters. The number of benzene rings is 1. The molecule has 2 heterocycles. The zero-order chi connectivity index (χ0) is 18.5. The van der Waals surface area contributed by atoms with Gasteiger partial charge in [-0.25, -0.2) is 0 Å². The predicted octanol–water partition coefficient (Wildman–Crippen LogP) is 5.28. The van der Waals surface area contributed by atoms with E-state index in [0.29, 0.717) is 39.6 Å². The third-order valence-corrected chi connectivity index (χ3v) is 4.14. The minimum atomic E-state index is -0.133. The maximum atomic E-state index is 12.2. The summed E-state index contributed by atoms with van der Waals surface area (Å²) in [6.07, 6.45) is 4.69. The first-order valence-electron chi connectivity index (χ1n) is 7.97. The topological polar surface area (TPSA) is 57.3 Å². The number of carbonyl (C=O) groups excluding carboxylic acids is 1. The number of carbonyl (C=O) groups is 1. The lowest BCUT2D eigenvalue weighted by molar-refractivity contribution is 0.103. The van der Waals surface area contributed by atoms with Crippen molar-refractivity contribution in [3.05, 3.63) is 75.9 Å². The molecule has 0 spiro atoms. The molecular weight excluding hydrogens is 375 g/mol. The van der Waals surface area contributed by atoms with Crippen LogP contribution in [0.5, 0.6) is 5.75 Å². The van der Waals surface area contributed by atoms with Crippen LogP contribution in [0.4, 0.5) is 0 Å². The van der Waals surface area contributed by atoms with Crippen molar-refractivity contribution in [3.8, 4) is 5.75 Å². The number of aromatic nitrogens is 2. The van der Waals surface area contributed by atoms with Crippen LogP contribution >= 0.6 is 23.2 Å². The molecule has 0 N–H and O–H groups in total. The van der Waals surface area contributed by atoms with E-state index >= 15 is 0 Å². The highest BCUT2D eigenvalue weighted by Crippen LogP contribution is 2.28. The number of halogens is 2. The summed E-state index contributed by atoms with van der Waals surface area (Å²) < 4.78 is 12.9. The third kappa shape index (κ3) is 4.36. The largest absolute Gasteiger partial charge is 0.484 e. The molecule has 0 fully saturated rings. The van der Waals surface area contributed by atoms with Crippen LogP contribution in [0.15, 0.2) is 53.1 Å². The molecule has 0 bridgehead atoms. The van der Waals surface area contributed by atoms with E-state index in [1.165, 1.54) is 6.08 Å². The smallest absolute Gasteiger partial charge is 0.203 e. The Bertz CT molecular complexity index is 944. The van der Waals surface area contributed by atoms with Crippen LogP contribution in [0, 0.1) is 0 Å². The van der Waals surface area contributed by atoms with Crippen LogP contribution in [-0.4, -0.2) is 15.6 Å². The van der Waals surface area contributed by atoms with Gasteiger partial charge in [0.15, 0.2) is 0 Å². The van der Waals surface area contributed by atoms with Gasteiger partial charge >= 0.3 is 0 Å². The van der Waals surface area contributed by atoms with E-state index in [9.17, 15) is 4.79 Å². The average Bonchev–Trinajstić information content (AvgIpc) is 3.28. The lowest BCUT2D eigenvalue weighted by atomic mass is 10.2. The van der Waals surface area contributed by atoms with Crippen molar-refractivity contribution in [2.45, 2.75) is 20.1 Å². The molecule has 26 heavy (non-hydrogen) atoms. The normalized spacial score (nSPS) is 11.2. The first-order valence-corrected chi connectivity index (χ1v) is 8.73. The minimum absolute atomic E-state index is 0.133. The van der Waals surface area contributed by atoms with Crippen LogP contribution in [-0.2, 0) is 13.2 Å². The zero-order valence-corrected chi connectivity index (χ0v) is 15.5. The van der Waals surface area contributed by atoms with E-state index < -0.39 is 0 Å². The Labute approximate surface area is 160 Å². The van der Waals surface area contributed by atoms with Crippen LogP contribution in [0.3, 0.4) is 0 Å². The lowest BCUT2D eigenvalue weighted by Crippen LogP contribution is -2.07. The number of furan rings is 1. The summed E-state index contributed by atoms with van der Waals surface area (Å²) in [7, 11) is 0. The number of hydrogen-bond donors (Lipinski definition) is 0. The molecule has 3 rings (SSSR count). The van der Waals surface area contributed by atoms with Gasteiger partial charge in [-0.1, -0.05) is 23.2 Å². The van der Waals surface area contributed by atoms with Gasteiger partial charge in [-0.2, -0.15) is 5.10 Å². The second-order valence-electron chi connectivity index (χ2n) is 5.40. The van der Waals surface area contributed by atoms with Gasteiger partial charge in [-0.05, 0) is 55.5 Å². The predicted molar refractivity (Wildman–Crippen MR) is 101 cm³/mol. The van der Waals surface area contributed by atoms with Crippen molar-refractivity contribution in [1.29, 1.82) is 0 Å². The van der Waals surface area contributed by atoms with Gasteiger partial charge < -0.3 is 9.15 Å². The van der Waals surface area contributed by atoms with Crippen molar-refractivity contribution in [2.75, 3.05) is 0 Å². The van der Waals surface area contributed by atoms with E-state index in [1.807, 2.05) is 6.92 Å². The van der Waals surface area contributed by atoms with Gasteiger partial charge in [0, 0.05) is 17.8 Å². The van der Waals surface area contributed by atoms with Crippen LogP contribution in [0.25, 0.3) is 6.08 Å². The summed E-state index contributed by atoms with van der Waals surface area (Å²) in [5, 5.41) is 5.06. The maximum absolute atomic E-state index is 12.2. The molecule has 2 aromatic heterocycles. The zero-order valence-electron chi connectivity index (χ0n) is 14.0. The summed E-state index contributed by atoms with van der Waals surface area (Å²) in [5.74, 6) is 1.56. The number of aryl methyl sites for hydroxylation is 1. The van der Waals surface area contributed by atoms with Gasteiger partial charge in [0.05, 0.1) is 5.02 Å². The van der Waals surface area contributed by atoms with Gasteiger partial charge in [0.2, 0.25) is 5.78 Å². The van der Waals surface area contributed by atoms with E-state index in [4.69, 9.17) is 32.4 Å². The standard InChI is InChI=1S/C19H16Cl2N2O3/c1-2-23-17(9-10-22-23)18(24)7-6-14-4-5-15(26-14)12-25-19-8-3-13(20)11-16(19)21/h3-11H,2,12H2,1H3/b7-6+. The van der Waals surface area contributed by atoms with E-state index in [1.54, 1.807) is 53.4 Å². The minimum Gasteiger partial charge on any atom is -0.484 e. The molecule has 1 aromatic carbocycles. The molecule has 0 saturated heterocycles. The van der Waals surface area contributed by atoms with Crippen molar-refractivity contribution >= 4 is 35.1 Å². The van der Waals surface area contributed by atoms with Crippen LogP contribution in [0.1, 0.15) is 28.9 Å². The van der Waals surface area contributed by atoms with Crippen LogP contribution in [0.2, 0.25) is 10.0 Å². The van der Waals surface area contributed by atoms with Crippen LogP contribution < -0.4 is 4.74 Å². The second-order valence-corrected chi connectivity index (χ2v) is 6.24. The summed E-state index contributed by atoms with van der Waals surface area (Å²) in [5.41, 5.74) is 0.538. The number of nitrogens with zero attached hydrogens (tertiary/aromatic N) is 2. The van der Waals surface area contributed by atoms with E-state index in [-0.39, 0.29) is 12.4 Å².